The van der Waals surface area contributed by atoms with E-state index >= 15 is 0 Å². The van der Waals surface area contributed by atoms with Crippen LogP contribution in [0.2, 0.25) is 0 Å². The summed E-state index contributed by atoms with van der Waals surface area (Å²) >= 11 is 0. The van der Waals surface area contributed by atoms with Crippen LogP contribution in [0.5, 0.6) is 0 Å². The van der Waals surface area contributed by atoms with Crippen LogP contribution in [0.1, 0.15) is 10.4 Å². The fourth-order valence-electron chi connectivity index (χ4n) is 1.48. The predicted molar refractivity (Wildman–Crippen MR) is 53.2 cm³/mol. The van der Waals surface area contributed by atoms with Crippen molar-refractivity contribution in [2.24, 2.45) is 0 Å². The lowest BCUT2D eigenvalue weighted by atomic mass is 10.2. The van der Waals surface area contributed by atoms with E-state index in [9.17, 15) is 4.79 Å². The van der Waals surface area contributed by atoms with Gasteiger partial charge in [-0.25, -0.2) is 0 Å². The zero-order valence-corrected chi connectivity index (χ0v) is 7.31. The number of anilines is 1. The number of hydrogen-bond acceptors (Lipinski definition) is 2. The normalized spacial score (nSPS) is 14.9. The van der Waals surface area contributed by atoms with E-state index in [0.29, 0.717) is 0 Å². The lowest BCUT2D eigenvalue weighted by Crippen LogP contribution is -2.18. The molecule has 66 valence electrons. The molecule has 1 heterocycles. The Bertz CT molecular complexity index is 336. The molecule has 1 aromatic carbocycles. The molecule has 2 rings (SSSR count). The molecule has 1 aromatic rings. The van der Waals surface area contributed by atoms with Gasteiger partial charge in [0.05, 0.1) is 0 Å². The Hall–Kier alpha value is -1.57. The van der Waals surface area contributed by atoms with E-state index in [4.69, 9.17) is 0 Å². The SMILES string of the molecule is O=Cc1cccc(N2CC=CC2)c1. The molecule has 2 heteroatoms. The molecule has 0 N–H and O–H groups in total. The van der Waals surface area contributed by atoms with Crippen molar-refractivity contribution < 1.29 is 4.79 Å². The van der Waals surface area contributed by atoms with Gasteiger partial charge in [-0.15, -0.1) is 0 Å². The molecule has 13 heavy (non-hydrogen) atoms. The second kappa shape index (κ2) is 3.44. The number of carbonyl (C=O) groups excluding carboxylic acids is 1. The fourth-order valence-corrected chi connectivity index (χ4v) is 1.48. The Morgan fingerprint density at radius 2 is 2.00 bits per heavy atom. The molecule has 0 aliphatic carbocycles. The third-order valence-corrected chi connectivity index (χ3v) is 2.19. The van der Waals surface area contributed by atoms with Gasteiger partial charge in [-0.05, 0) is 12.1 Å². The van der Waals surface area contributed by atoms with E-state index < -0.39 is 0 Å². The summed E-state index contributed by atoms with van der Waals surface area (Å²) in [5.74, 6) is 0. The van der Waals surface area contributed by atoms with Crippen LogP contribution in [0.15, 0.2) is 36.4 Å². The van der Waals surface area contributed by atoms with Gasteiger partial charge in [0, 0.05) is 24.3 Å². The van der Waals surface area contributed by atoms with Crippen LogP contribution < -0.4 is 4.90 Å². The number of rotatable bonds is 2. The van der Waals surface area contributed by atoms with Crippen molar-refractivity contribution >= 4 is 12.0 Å². The first kappa shape index (κ1) is 8.05. The van der Waals surface area contributed by atoms with E-state index in [-0.39, 0.29) is 0 Å². The molecule has 0 spiro atoms. The first-order chi connectivity index (χ1) is 6.40. The highest BCUT2D eigenvalue weighted by Crippen LogP contribution is 2.17. The average molecular weight is 173 g/mol. The van der Waals surface area contributed by atoms with Crippen molar-refractivity contribution in [2.75, 3.05) is 18.0 Å². The van der Waals surface area contributed by atoms with E-state index in [0.717, 1.165) is 30.6 Å². The second-order valence-corrected chi connectivity index (χ2v) is 3.09. The summed E-state index contributed by atoms with van der Waals surface area (Å²) in [7, 11) is 0. The molecule has 0 saturated carbocycles. The van der Waals surface area contributed by atoms with Crippen molar-refractivity contribution in [3.8, 4) is 0 Å². The summed E-state index contributed by atoms with van der Waals surface area (Å²) in [4.78, 5) is 12.8. The molecule has 0 radical (unpaired) electrons. The van der Waals surface area contributed by atoms with Gasteiger partial charge in [0.25, 0.3) is 0 Å². The first-order valence-corrected chi connectivity index (χ1v) is 4.35. The fraction of sp³-hybridized carbons (Fsp3) is 0.182. The third-order valence-electron chi connectivity index (χ3n) is 2.19. The van der Waals surface area contributed by atoms with Gasteiger partial charge in [-0.2, -0.15) is 0 Å². The van der Waals surface area contributed by atoms with Crippen LogP contribution in [-0.4, -0.2) is 19.4 Å². The molecule has 2 nitrogen and oxygen atoms in total. The van der Waals surface area contributed by atoms with E-state index in [2.05, 4.69) is 17.1 Å². The monoisotopic (exact) mass is 173 g/mol. The number of benzene rings is 1. The van der Waals surface area contributed by atoms with Crippen molar-refractivity contribution in [1.82, 2.24) is 0 Å². The Kier molecular flexibility index (Phi) is 2.13. The van der Waals surface area contributed by atoms with Gasteiger partial charge >= 0.3 is 0 Å². The summed E-state index contributed by atoms with van der Waals surface area (Å²) in [5.41, 5.74) is 1.86. The van der Waals surface area contributed by atoms with E-state index in [1.807, 2.05) is 24.3 Å². The minimum absolute atomic E-state index is 0.740. The molecule has 0 saturated heterocycles. The summed E-state index contributed by atoms with van der Waals surface area (Å²) in [5, 5.41) is 0. The molecule has 0 unspecified atom stereocenters. The van der Waals surface area contributed by atoms with Crippen LogP contribution in [0.25, 0.3) is 0 Å². The molecular weight excluding hydrogens is 162 g/mol. The molecule has 0 atom stereocenters. The van der Waals surface area contributed by atoms with Crippen molar-refractivity contribution in [3.63, 3.8) is 0 Å². The number of nitrogens with zero attached hydrogens (tertiary/aromatic N) is 1. The van der Waals surface area contributed by atoms with Crippen LogP contribution in [0.4, 0.5) is 5.69 Å². The van der Waals surface area contributed by atoms with Crippen LogP contribution in [0.3, 0.4) is 0 Å². The first-order valence-electron chi connectivity index (χ1n) is 4.35. The van der Waals surface area contributed by atoms with Gasteiger partial charge in [-0.1, -0.05) is 24.3 Å². The van der Waals surface area contributed by atoms with E-state index in [1.54, 1.807) is 0 Å². The largest absolute Gasteiger partial charge is 0.364 e. The van der Waals surface area contributed by atoms with Gasteiger partial charge in [0.1, 0.15) is 6.29 Å². The summed E-state index contributed by atoms with van der Waals surface area (Å²) in [6.07, 6.45) is 5.15. The highest BCUT2D eigenvalue weighted by atomic mass is 16.1. The van der Waals surface area contributed by atoms with Crippen LogP contribution in [-0.2, 0) is 0 Å². The molecule has 0 fully saturated rings. The highest BCUT2D eigenvalue weighted by Gasteiger charge is 2.06. The molecule has 1 aliphatic rings. The molecule has 0 amide bonds. The Labute approximate surface area is 77.5 Å². The average Bonchev–Trinajstić information content (AvgIpc) is 2.71. The zero-order chi connectivity index (χ0) is 9.10. The van der Waals surface area contributed by atoms with Crippen molar-refractivity contribution in [1.29, 1.82) is 0 Å². The number of hydrogen-bond donors (Lipinski definition) is 0. The number of aldehydes is 1. The topological polar surface area (TPSA) is 20.3 Å². The van der Waals surface area contributed by atoms with Crippen LogP contribution in [0, 0.1) is 0 Å². The number of carbonyl (C=O) groups is 1. The standard InChI is InChI=1S/C11H11NO/c13-9-10-4-3-5-11(8-10)12-6-1-2-7-12/h1-5,8-9H,6-7H2. The zero-order valence-electron chi connectivity index (χ0n) is 7.31. The minimum atomic E-state index is 0.740. The lowest BCUT2D eigenvalue weighted by Gasteiger charge is -2.17. The third kappa shape index (κ3) is 1.61. The van der Waals surface area contributed by atoms with Crippen molar-refractivity contribution in [2.45, 2.75) is 0 Å². The second-order valence-electron chi connectivity index (χ2n) is 3.09. The van der Waals surface area contributed by atoms with Crippen molar-refractivity contribution in [3.05, 3.63) is 42.0 Å². The summed E-state index contributed by atoms with van der Waals surface area (Å²) in [6, 6.07) is 7.68. The van der Waals surface area contributed by atoms with Gasteiger partial charge in [-0.3, -0.25) is 4.79 Å². The maximum absolute atomic E-state index is 10.5. The van der Waals surface area contributed by atoms with Gasteiger partial charge in [0.15, 0.2) is 0 Å². The smallest absolute Gasteiger partial charge is 0.150 e. The van der Waals surface area contributed by atoms with Crippen LogP contribution >= 0.6 is 0 Å². The van der Waals surface area contributed by atoms with E-state index in [1.165, 1.54) is 0 Å². The maximum Gasteiger partial charge on any atom is 0.150 e. The molecule has 1 aliphatic heterocycles. The van der Waals surface area contributed by atoms with Gasteiger partial charge in [0.2, 0.25) is 0 Å². The minimum Gasteiger partial charge on any atom is -0.364 e. The lowest BCUT2D eigenvalue weighted by molar-refractivity contribution is 0.112. The maximum atomic E-state index is 10.5. The molecular formula is C11H11NO. The summed E-state index contributed by atoms with van der Waals surface area (Å²) < 4.78 is 0. The quantitative estimate of drug-likeness (QED) is 0.502. The highest BCUT2D eigenvalue weighted by molar-refractivity contribution is 5.77. The molecule has 0 aromatic heterocycles. The predicted octanol–water partition coefficient (Wildman–Crippen LogP) is 1.88. The summed E-state index contributed by atoms with van der Waals surface area (Å²) in [6.45, 7) is 1.89. The van der Waals surface area contributed by atoms with Gasteiger partial charge < -0.3 is 4.90 Å². The Balaban J connectivity index is 2.24. The Morgan fingerprint density at radius 1 is 1.23 bits per heavy atom. The molecule has 0 bridgehead atoms. The Morgan fingerprint density at radius 3 is 2.69 bits per heavy atom.